The summed E-state index contributed by atoms with van der Waals surface area (Å²) in [6.45, 7) is 4.03. The fourth-order valence-corrected chi connectivity index (χ4v) is 4.02. The molecule has 3 rings (SSSR count). The summed E-state index contributed by atoms with van der Waals surface area (Å²) in [4.78, 5) is 9.14. The van der Waals surface area contributed by atoms with Gasteiger partial charge in [-0.1, -0.05) is 30.3 Å². The van der Waals surface area contributed by atoms with Crippen LogP contribution in [0.5, 0.6) is 0 Å². The average molecular weight is 357 g/mol. The summed E-state index contributed by atoms with van der Waals surface area (Å²) in [5, 5.41) is 3.18. The molecule has 25 heavy (non-hydrogen) atoms. The molecule has 1 N–H and O–H groups in total. The lowest BCUT2D eigenvalue weighted by Crippen LogP contribution is -2.20. The molecule has 0 radical (unpaired) electrons. The van der Waals surface area contributed by atoms with Crippen LogP contribution in [0.3, 0.4) is 0 Å². The highest BCUT2D eigenvalue weighted by Gasteiger charge is 2.33. The molecule has 0 aliphatic heterocycles. The number of nitrogens with zero attached hydrogens (tertiary/aromatic N) is 2. The van der Waals surface area contributed by atoms with Crippen molar-refractivity contribution in [2.24, 2.45) is 0 Å². The van der Waals surface area contributed by atoms with Crippen molar-refractivity contribution < 1.29 is 13.6 Å². The lowest BCUT2D eigenvalue weighted by atomic mass is 10.3. The van der Waals surface area contributed by atoms with Crippen LogP contribution in [0.25, 0.3) is 11.0 Å². The highest BCUT2D eigenvalue weighted by Crippen LogP contribution is 2.48. The first-order valence-corrected chi connectivity index (χ1v) is 9.69. The van der Waals surface area contributed by atoms with Crippen molar-refractivity contribution in [2.45, 2.75) is 13.8 Å². The quantitative estimate of drug-likeness (QED) is 0.637. The van der Waals surface area contributed by atoms with Gasteiger partial charge in [-0.05, 0) is 38.1 Å². The van der Waals surface area contributed by atoms with Crippen LogP contribution in [-0.4, -0.2) is 23.2 Å². The molecular formula is C18H20N3O3P. The zero-order valence-electron chi connectivity index (χ0n) is 14.2. The van der Waals surface area contributed by atoms with Crippen LogP contribution >= 0.6 is 7.60 Å². The Labute approximate surface area is 146 Å². The molecule has 0 saturated carbocycles. The number of rotatable bonds is 7. The third-order valence-electron chi connectivity index (χ3n) is 3.45. The number of hydrogen-bond donors (Lipinski definition) is 1. The van der Waals surface area contributed by atoms with Gasteiger partial charge < -0.3 is 14.4 Å². The van der Waals surface area contributed by atoms with Crippen LogP contribution in [0.1, 0.15) is 13.8 Å². The highest BCUT2D eigenvalue weighted by atomic mass is 31.2. The molecule has 0 fully saturated rings. The van der Waals surface area contributed by atoms with Gasteiger partial charge in [0.05, 0.1) is 24.2 Å². The Balaban J connectivity index is 2.16. The molecule has 3 aromatic rings. The molecular weight excluding hydrogens is 337 g/mol. The number of anilines is 2. The second-order valence-corrected chi connectivity index (χ2v) is 7.14. The normalized spacial score (nSPS) is 11.6. The van der Waals surface area contributed by atoms with E-state index in [1.54, 1.807) is 13.8 Å². The molecule has 0 saturated heterocycles. The number of benzene rings is 2. The third-order valence-corrected chi connectivity index (χ3v) is 5.47. The Morgan fingerprint density at radius 3 is 2.04 bits per heavy atom. The number of para-hydroxylation sites is 3. The molecule has 0 aliphatic rings. The Morgan fingerprint density at radius 2 is 1.44 bits per heavy atom. The maximum Gasteiger partial charge on any atom is 0.383 e. The predicted molar refractivity (Wildman–Crippen MR) is 99.8 cm³/mol. The molecule has 0 amide bonds. The van der Waals surface area contributed by atoms with Crippen molar-refractivity contribution in [3.8, 4) is 0 Å². The zero-order chi connectivity index (χ0) is 17.7. The molecule has 0 bridgehead atoms. The van der Waals surface area contributed by atoms with Crippen molar-refractivity contribution in [2.75, 3.05) is 18.5 Å². The molecule has 130 valence electrons. The molecule has 6 nitrogen and oxygen atoms in total. The van der Waals surface area contributed by atoms with Crippen LogP contribution in [0, 0.1) is 0 Å². The first-order valence-electron chi connectivity index (χ1n) is 8.15. The SMILES string of the molecule is CCOP(=O)(OCC)c1nc2ccccc2nc1Nc1ccccc1. The summed E-state index contributed by atoms with van der Waals surface area (Å²) in [6, 6.07) is 16.9. The predicted octanol–water partition coefficient (Wildman–Crippen LogP) is 4.26. The van der Waals surface area contributed by atoms with E-state index in [0.717, 1.165) is 5.69 Å². The van der Waals surface area contributed by atoms with Crippen molar-refractivity contribution in [1.82, 2.24) is 9.97 Å². The molecule has 1 heterocycles. The lowest BCUT2D eigenvalue weighted by molar-refractivity contribution is 0.229. The van der Waals surface area contributed by atoms with Crippen LogP contribution in [-0.2, 0) is 13.6 Å². The van der Waals surface area contributed by atoms with Gasteiger partial charge in [-0.2, -0.15) is 0 Å². The minimum absolute atomic E-state index is 0.193. The van der Waals surface area contributed by atoms with Gasteiger partial charge in [0.2, 0.25) is 0 Å². The van der Waals surface area contributed by atoms with Gasteiger partial charge in [0.15, 0.2) is 11.3 Å². The van der Waals surface area contributed by atoms with Crippen LogP contribution < -0.4 is 10.8 Å². The number of aromatic nitrogens is 2. The largest absolute Gasteiger partial charge is 0.383 e. The average Bonchev–Trinajstić information content (AvgIpc) is 2.62. The molecule has 7 heteroatoms. The van der Waals surface area contributed by atoms with E-state index in [1.165, 1.54) is 0 Å². The summed E-state index contributed by atoms with van der Waals surface area (Å²) in [7, 11) is -3.59. The minimum atomic E-state index is -3.59. The summed E-state index contributed by atoms with van der Waals surface area (Å²) in [5.41, 5.74) is 2.34. The lowest BCUT2D eigenvalue weighted by Gasteiger charge is -2.19. The van der Waals surface area contributed by atoms with Gasteiger partial charge >= 0.3 is 7.60 Å². The Bertz CT molecular complexity index is 892. The number of nitrogens with one attached hydrogen (secondary N) is 1. The van der Waals surface area contributed by atoms with Crippen LogP contribution in [0.2, 0.25) is 0 Å². The van der Waals surface area contributed by atoms with E-state index in [4.69, 9.17) is 9.05 Å². The van der Waals surface area contributed by atoms with E-state index in [-0.39, 0.29) is 18.6 Å². The Hall–Kier alpha value is -2.27. The van der Waals surface area contributed by atoms with Crippen molar-refractivity contribution in [3.05, 3.63) is 54.6 Å². The summed E-state index contributed by atoms with van der Waals surface area (Å²) < 4.78 is 24.2. The van der Waals surface area contributed by atoms with E-state index < -0.39 is 7.60 Å². The van der Waals surface area contributed by atoms with Gasteiger partial charge in [-0.25, -0.2) is 9.97 Å². The molecule has 0 atom stereocenters. The van der Waals surface area contributed by atoms with Crippen molar-refractivity contribution in [1.29, 1.82) is 0 Å². The van der Waals surface area contributed by atoms with E-state index >= 15 is 0 Å². The van der Waals surface area contributed by atoms with Gasteiger partial charge in [-0.3, -0.25) is 4.57 Å². The molecule has 0 aliphatic carbocycles. The van der Waals surface area contributed by atoms with Crippen molar-refractivity contribution >= 4 is 35.6 Å². The van der Waals surface area contributed by atoms with Crippen molar-refractivity contribution in [3.63, 3.8) is 0 Å². The number of fused-ring (bicyclic) bond motifs is 1. The van der Waals surface area contributed by atoms with Gasteiger partial charge in [0.1, 0.15) is 0 Å². The van der Waals surface area contributed by atoms with E-state index in [2.05, 4.69) is 15.3 Å². The van der Waals surface area contributed by atoms with E-state index in [9.17, 15) is 4.57 Å². The number of hydrogen-bond acceptors (Lipinski definition) is 6. The summed E-state index contributed by atoms with van der Waals surface area (Å²) in [5.74, 6) is 0.370. The van der Waals surface area contributed by atoms with Gasteiger partial charge in [-0.15, -0.1) is 0 Å². The van der Waals surface area contributed by atoms with Gasteiger partial charge in [0.25, 0.3) is 0 Å². The van der Waals surface area contributed by atoms with Gasteiger partial charge in [0, 0.05) is 5.69 Å². The first kappa shape index (κ1) is 17.5. The fraction of sp³-hybridized carbons (Fsp3) is 0.222. The zero-order valence-corrected chi connectivity index (χ0v) is 15.1. The fourth-order valence-electron chi connectivity index (χ4n) is 2.42. The summed E-state index contributed by atoms with van der Waals surface area (Å²) in [6.07, 6.45) is 0. The Morgan fingerprint density at radius 1 is 0.880 bits per heavy atom. The minimum Gasteiger partial charge on any atom is -0.338 e. The maximum atomic E-state index is 13.3. The van der Waals surface area contributed by atoms with E-state index in [0.29, 0.717) is 16.9 Å². The molecule has 0 spiro atoms. The second kappa shape index (κ2) is 7.74. The monoisotopic (exact) mass is 357 g/mol. The van der Waals surface area contributed by atoms with Crippen LogP contribution in [0.15, 0.2) is 54.6 Å². The molecule has 1 aromatic heterocycles. The Kier molecular flexibility index (Phi) is 5.43. The molecule has 0 unspecified atom stereocenters. The second-order valence-electron chi connectivity index (χ2n) is 5.21. The standard InChI is InChI=1S/C18H20N3O3P/c1-3-23-25(22,24-4-2)18-17(19-14-10-6-5-7-11-14)20-15-12-8-9-13-16(15)21-18/h5-13H,3-4H2,1-2H3,(H,19,20). The molecule has 2 aromatic carbocycles. The van der Waals surface area contributed by atoms with E-state index in [1.807, 2.05) is 54.6 Å². The third kappa shape index (κ3) is 3.87. The topological polar surface area (TPSA) is 73.3 Å². The highest BCUT2D eigenvalue weighted by molar-refractivity contribution is 7.62. The van der Waals surface area contributed by atoms with Crippen LogP contribution in [0.4, 0.5) is 11.5 Å². The first-order chi connectivity index (χ1) is 12.2. The smallest absolute Gasteiger partial charge is 0.338 e. The summed E-state index contributed by atoms with van der Waals surface area (Å²) >= 11 is 0. The maximum absolute atomic E-state index is 13.3.